The Morgan fingerprint density at radius 1 is 1.47 bits per heavy atom. The minimum atomic E-state index is 0.0589. The van der Waals surface area contributed by atoms with Gasteiger partial charge < -0.3 is 9.64 Å². The van der Waals surface area contributed by atoms with Gasteiger partial charge in [-0.3, -0.25) is 9.78 Å². The average Bonchev–Trinajstić information content (AvgIpc) is 2.38. The van der Waals surface area contributed by atoms with E-state index in [0.29, 0.717) is 17.4 Å². The maximum atomic E-state index is 12.3. The summed E-state index contributed by atoms with van der Waals surface area (Å²) in [6, 6.07) is 2.07. The molecule has 4 heteroatoms. The first-order valence-electron chi connectivity index (χ1n) is 6.02. The van der Waals surface area contributed by atoms with Gasteiger partial charge in [-0.05, 0) is 32.3 Å². The van der Waals surface area contributed by atoms with Gasteiger partial charge in [-0.15, -0.1) is 0 Å². The molecule has 0 aromatic carbocycles. The van der Waals surface area contributed by atoms with E-state index in [-0.39, 0.29) is 5.91 Å². The second-order valence-corrected chi connectivity index (χ2v) is 4.46. The summed E-state index contributed by atoms with van der Waals surface area (Å²) in [4.78, 5) is 18.3. The quantitative estimate of drug-likeness (QED) is 0.787. The van der Waals surface area contributed by atoms with Crippen LogP contribution in [0.1, 0.15) is 36.5 Å². The van der Waals surface area contributed by atoms with Gasteiger partial charge in [0.05, 0.1) is 18.9 Å². The number of aromatic nitrogens is 1. The summed E-state index contributed by atoms with van der Waals surface area (Å²) in [5.41, 5.74) is 0.609. The van der Waals surface area contributed by atoms with E-state index in [9.17, 15) is 4.79 Å². The topological polar surface area (TPSA) is 42.4 Å². The van der Waals surface area contributed by atoms with Crippen molar-refractivity contribution in [2.24, 2.45) is 0 Å². The van der Waals surface area contributed by atoms with Gasteiger partial charge in [0.1, 0.15) is 5.75 Å². The van der Waals surface area contributed by atoms with Gasteiger partial charge in [0.25, 0.3) is 5.91 Å². The Kier molecular flexibility index (Phi) is 3.61. The highest BCUT2D eigenvalue weighted by Crippen LogP contribution is 2.20. The van der Waals surface area contributed by atoms with Crippen LogP contribution in [-0.4, -0.2) is 35.5 Å². The molecule has 0 N–H and O–H groups in total. The number of pyridine rings is 1. The van der Waals surface area contributed by atoms with E-state index in [1.807, 2.05) is 4.90 Å². The summed E-state index contributed by atoms with van der Waals surface area (Å²) in [5.74, 6) is 0.684. The number of methoxy groups -OCH3 is 1. The minimum Gasteiger partial charge on any atom is -0.495 e. The van der Waals surface area contributed by atoms with Crippen molar-refractivity contribution < 1.29 is 9.53 Å². The van der Waals surface area contributed by atoms with Gasteiger partial charge >= 0.3 is 0 Å². The molecule has 4 nitrogen and oxygen atoms in total. The van der Waals surface area contributed by atoms with Crippen molar-refractivity contribution in [1.29, 1.82) is 0 Å². The van der Waals surface area contributed by atoms with Crippen LogP contribution in [0.3, 0.4) is 0 Å². The third kappa shape index (κ3) is 2.57. The average molecular weight is 234 g/mol. The molecule has 2 rings (SSSR count). The van der Waals surface area contributed by atoms with Crippen molar-refractivity contribution in [3.63, 3.8) is 0 Å². The molecule has 2 heterocycles. The van der Waals surface area contributed by atoms with E-state index in [1.54, 1.807) is 25.6 Å². The molecule has 1 atom stereocenters. The number of hydrogen-bond donors (Lipinski definition) is 0. The summed E-state index contributed by atoms with van der Waals surface area (Å²) in [6.45, 7) is 2.95. The van der Waals surface area contributed by atoms with Gasteiger partial charge in [0.2, 0.25) is 0 Å². The Morgan fingerprint density at radius 2 is 2.29 bits per heavy atom. The van der Waals surface area contributed by atoms with Crippen LogP contribution in [0.2, 0.25) is 0 Å². The lowest BCUT2D eigenvalue weighted by atomic mass is 10.0. The number of rotatable bonds is 2. The van der Waals surface area contributed by atoms with Gasteiger partial charge in [0.15, 0.2) is 0 Å². The van der Waals surface area contributed by atoms with Gasteiger partial charge in [-0.2, -0.15) is 0 Å². The predicted octanol–water partition coefficient (Wildman–Crippen LogP) is 2.10. The maximum Gasteiger partial charge on any atom is 0.255 e. The fourth-order valence-electron chi connectivity index (χ4n) is 2.21. The molecule has 17 heavy (non-hydrogen) atoms. The van der Waals surface area contributed by atoms with E-state index in [1.165, 1.54) is 6.42 Å². The maximum absolute atomic E-state index is 12.3. The van der Waals surface area contributed by atoms with Gasteiger partial charge in [-0.1, -0.05) is 0 Å². The monoisotopic (exact) mass is 234 g/mol. The highest BCUT2D eigenvalue weighted by atomic mass is 16.5. The van der Waals surface area contributed by atoms with Crippen molar-refractivity contribution in [2.75, 3.05) is 13.7 Å². The SMILES string of the molecule is COc1cncc(C(=O)N2CCCCC2C)c1. The number of carbonyl (C=O) groups is 1. The van der Waals surface area contributed by atoms with Crippen LogP contribution in [0, 0.1) is 0 Å². The molecule has 0 saturated carbocycles. The van der Waals surface area contributed by atoms with Crippen molar-refractivity contribution in [3.05, 3.63) is 24.0 Å². The van der Waals surface area contributed by atoms with Crippen molar-refractivity contribution in [1.82, 2.24) is 9.88 Å². The van der Waals surface area contributed by atoms with E-state index >= 15 is 0 Å². The van der Waals surface area contributed by atoms with Crippen molar-refractivity contribution in [3.8, 4) is 5.75 Å². The van der Waals surface area contributed by atoms with E-state index < -0.39 is 0 Å². The third-order valence-corrected chi connectivity index (χ3v) is 3.26. The van der Waals surface area contributed by atoms with Crippen LogP contribution in [0.15, 0.2) is 18.5 Å². The fraction of sp³-hybridized carbons (Fsp3) is 0.538. The first kappa shape index (κ1) is 11.9. The fourth-order valence-corrected chi connectivity index (χ4v) is 2.21. The molecule has 1 fully saturated rings. The zero-order valence-corrected chi connectivity index (χ0v) is 10.3. The molecule has 0 bridgehead atoms. The number of piperidine rings is 1. The first-order chi connectivity index (χ1) is 8.22. The van der Waals surface area contributed by atoms with Crippen LogP contribution in [0.5, 0.6) is 5.75 Å². The Hall–Kier alpha value is -1.58. The molecule has 0 spiro atoms. The van der Waals surface area contributed by atoms with Crippen LogP contribution >= 0.6 is 0 Å². The van der Waals surface area contributed by atoms with Crippen molar-refractivity contribution >= 4 is 5.91 Å². The predicted molar refractivity (Wildman–Crippen MR) is 65.1 cm³/mol. The molecule has 0 aliphatic carbocycles. The normalized spacial score (nSPS) is 20.1. The third-order valence-electron chi connectivity index (χ3n) is 3.26. The van der Waals surface area contributed by atoms with Gasteiger partial charge in [0, 0.05) is 18.8 Å². The Bertz CT molecular complexity index is 406. The lowest BCUT2D eigenvalue weighted by Crippen LogP contribution is -2.42. The molecule has 92 valence electrons. The summed E-state index contributed by atoms with van der Waals surface area (Å²) in [7, 11) is 1.58. The number of amides is 1. The van der Waals surface area contributed by atoms with E-state index in [0.717, 1.165) is 19.4 Å². The largest absolute Gasteiger partial charge is 0.495 e. The number of carbonyl (C=O) groups excluding carboxylic acids is 1. The molecule has 1 saturated heterocycles. The lowest BCUT2D eigenvalue weighted by Gasteiger charge is -2.33. The molecular formula is C13H18N2O2. The van der Waals surface area contributed by atoms with Crippen molar-refractivity contribution in [2.45, 2.75) is 32.2 Å². The second-order valence-electron chi connectivity index (χ2n) is 4.46. The van der Waals surface area contributed by atoms with Crippen LogP contribution < -0.4 is 4.74 Å². The Morgan fingerprint density at radius 3 is 3.00 bits per heavy atom. The summed E-state index contributed by atoms with van der Waals surface area (Å²) in [5, 5.41) is 0. The van der Waals surface area contributed by atoms with E-state index in [4.69, 9.17) is 4.74 Å². The molecule has 0 radical (unpaired) electrons. The summed E-state index contributed by atoms with van der Waals surface area (Å²) >= 11 is 0. The van der Waals surface area contributed by atoms with Crippen LogP contribution in [0.4, 0.5) is 0 Å². The highest BCUT2D eigenvalue weighted by molar-refractivity contribution is 5.94. The Labute approximate surface area is 102 Å². The van der Waals surface area contributed by atoms with E-state index in [2.05, 4.69) is 11.9 Å². The summed E-state index contributed by atoms with van der Waals surface area (Å²) in [6.07, 6.45) is 6.60. The number of hydrogen-bond acceptors (Lipinski definition) is 3. The molecule has 1 aliphatic rings. The zero-order valence-electron chi connectivity index (χ0n) is 10.3. The lowest BCUT2D eigenvalue weighted by molar-refractivity contribution is 0.0635. The molecule has 1 aromatic heterocycles. The number of nitrogens with zero attached hydrogens (tertiary/aromatic N) is 2. The second kappa shape index (κ2) is 5.17. The van der Waals surface area contributed by atoms with Gasteiger partial charge in [-0.25, -0.2) is 0 Å². The molecular weight excluding hydrogens is 216 g/mol. The molecule has 1 amide bonds. The summed E-state index contributed by atoms with van der Waals surface area (Å²) < 4.78 is 5.09. The highest BCUT2D eigenvalue weighted by Gasteiger charge is 2.24. The number of ether oxygens (including phenoxy) is 1. The van der Waals surface area contributed by atoms with Crippen LogP contribution in [-0.2, 0) is 0 Å². The first-order valence-corrected chi connectivity index (χ1v) is 6.02. The van der Waals surface area contributed by atoms with Crippen LogP contribution in [0.25, 0.3) is 0 Å². The standard InChI is InChI=1S/C13H18N2O2/c1-10-5-3-4-6-15(10)13(16)11-7-12(17-2)9-14-8-11/h7-10H,3-6H2,1-2H3. The Balaban J connectivity index is 2.17. The zero-order chi connectivity index (χ0) is 12.3. The molecule has 1 unspecified atom stereocenters. The molecule has 1 aliphatic heterocycles. The number of likely N-dealkylation sites (tertiary alicyclic amines) is 1. The smallest absolute Gasteiger partial charge is 0.255 e. The minimum absolute atomic E-state index is 0.0589. The molecule has 1 aromatic rings.